The summed E-state index contributed by atoms with van der Waals surface area (Å²) in [6, 6.07) is 0. The van der Waals surface area contributed by atoms with Crippen molar-refractivity contribution >= 4 is 10.0 Å². The normalized spacial score (nSPS) is 14.5. The van der Waals surface area contributed by atoms with Gasteiger partial charge in [0.25, 0.3) is 0 Å². The first-order valence-corrected chi connectivity index (χ1v) is 7.14. The summed E-state index contributed by atoms with van der Waals surface area (Å²) in [5, 5.41) is 2.74. The molecule has 0 amide bonds. The number of nitrogens with one attached hydrogen (secondary N) is 2. The third-order valence-electron chi connectivity index (χ3n) is 2.08. The molecule has 92 valence electrons. The summed E-state index contributed by atoms with van der Waals surface area (Å²) >= 11 is 0. The van der Waals surface area contributed by atoms with Crippen LogP contribution in [-0.4, -0.2) is 33.3 Å². The summed E-state index contributed by atoms with van der Waals surface area (Å²) in [6.45, 7) is 9.66. The van der Waals surface area contributed by atoms with E-state index in [9.17, 15) is 8.42 Å². The molecule has 0 rings (SSSR count). The molecule has 0 bridgehead atoms. The molecule has 1 atom stereocenters. The first-order chi connectivity index (χ1) is 6.90. The van der Waals surface area contributed by atoms with Gasteiger partial charge in [-0.1, -0.05) is 20.8 Å². The Hall–Kier alpha value is -0.130. The van der Waals surface area contributed by atoms with Gasteiger partial charge in [-0.15, -0.1) is 0 Å². The van der Waals surface area contributed by atoms with E-state index in [2.05, 4.69) is 17.0 Å². The standard InChI is InChI=1S/C10H24N2O2S/c1-5-6-11-8-10(4)15(13,14)12-7-9(2)3/h9-12H,5-8H2,1-4H3. The maximum atomic E-state index is 11.7. The molecule has 2 N–H and O–H groups in total. The van der Waals surface area contributed by atoms with Crippen molar-refractivity contribution in [3.8, 4) is 0 Å². The lowest BCUT2D eigenvalue weighted by molar-refractivity contribution is 0.541. The van der Waals surface area contributed by atoms with Crippen LogP contribution in [0.5, 0.6) is 0 Å². The van der Waals surface area contributed by atoms with Gasteiger partial charge in [-0.05, 0) is 25.8 Å². The third-order valence-corrected chi connectivity index (χ3v) is 3.88. The molecule has 0 radical (unpaired) electrons. The lowest BCUT2D eigenvalue weighted by Crippen LogP contribution is -2.40. The highest BCUT2D eigenvalue weighted by Gasteiger charge is 2.19. The Morgan fingerprint density at radius 1 is 1.13 bits per heavy atom. The van der Waals surface area contributed by atoms with Crippen molar-refractivity contribution in [1.29, 1.82) is 0 Å². The molecule has 0 aromatic carbocycles. The minimum Gasteiger partial charge on any atom is -0.315 e. The van der Waals surface area contributed by atoms with E-state index in [1.165, 1.54) is 0 Å². The predicted octanol–water partition coefficient (Wildman–Crippen LogP) is 0.950. The highest BCUT2D eigenvalue weighted by Crippen LogP contribution is 1.98. The third kappa shape index (κ3) is 6.87. The number of rotatable bonds is 8. The summed E-state index contributed by atoms with van der Waals surface area (Å²) in [4.78, 5) is 0. The molecule has 15 heavy (non-hydrogen) atoms. The minimum absolute atomic E-state index is 0.343. The Morgan fingerprint density at radius 3 is 2.20 bits per heavy atom. The zero-order chi connectivity index (χ0) is 11.9. The van der Waals surface area contributed by atoms with Crippen LogP contribution in [0, 0.1) is 5.92 Å². The van der Waals surface area contributed by atoms with Gasteiger partial charge in [0.2, 0.25) is 10.0 Å². The lowest BCUT2D eigenvalue weighted by Gasteiger charge is -2.15. The summed E-state index contributed by atoms with van der Waals surface area (Å²) in [6.07, 6.45) is 1.02. The predicted molar refractivity (Wildman–Crippen MR) is 64.4 cm³/mol. The van der Waals surface area contributed by atoms with E-state index in [0.717, 1.165) is 13.0 Å². The van der Waals surface area contributed by atoms with Gasteiger partial charge in [0.1, 0.15) is 0 Å². The van der Waals surface area contributed by atoms with E-state index >= 15 is 0 Å². The molecular weight excluding hydrogens is 212 g/mol. The topological polar surface area (TPSA) is 58.2 Å². The van der Waals surface area contributed by atoms with E-state index in [4.69, 9.17) is 0 Å². The van der Waals surface area contributed by atoms with Gasteiger partial charge in [0.15, 0.2) is 0 Å². The van der Waals surface area contributed by atoms with Crippen molar-refractivity contribution < 1.29 is 8.42 Å². The van der Waals surface area contributed by atoms with Gasteiger partial charge in [-0.2, -0.15) is 0 Å². The SMILES string of the molecule is CCCNCC(C)S(=O)(=O)NCC(C)C. The van der Waals surface area contributed by atoms with Gasteiger partial charge in [0.05, 0.1) is 5.25 Å². The molecule has 0 aliphatic carbocycles. The molecule has 0 saturated carbocycles. The molecule has 5 heteroatoms. The number of hydrogen-bond acceptors (Lipinski definition) is 3. The average Bonchev–Trinajstić information content (AvgIpc) is 2.15. The maximum Gasteiger partial charge on any atom is 0.215 e. The van der Waals surface area contributed by atoms with Crippen LogP contribution in [0.2, 0.25) is 0 Å². The molecule has 0 aliphatic heterocycles. The van der Waals surface area contributed by atoms with Crippen molar-refractivity contribution in [1.82, 2.24) is 10.0 Å². The molecule has 0 spiro atoms. The van der Waals surface area contributed by atoms with Gasteiger partial charge < -0.3 is 5.32 Å². The second-order valence-electron chi connectivity index (χ2n) is 4.30. The lowest BCUT2D eigenvalue weighted by atomic mass is 10.2. The van der Waals surface area contributed by atoms with Crippen LogP contribution in [-0.2, 0) is 10.0 Å². The number of hydrogen-bond donors (Lipinski definition) is 2. The summed E-state index contributed by atoms with van der Waals surface area (Å²) < 4.78 is 26.0. The molecule has 0 aromatic rings. The molecule has 0 heterocycles. The Kier molecular flexibility index (Phi) is 7.13. The summed E-state index contributed by atoms with van der Waals surface area (Å²) in [5.74, 6) is 0.343. The smallest absolute Gasteiger partial charge is 0.215 e. The van der Waals surface area contributed by atoms with Crippen LogP contribution in [0.25, 0.3) is 0 Å². The van der Waals surface area contributed by atoms with E-state index in [-0.39, 0.29) is 5.25 Å². The fourth-order valence-electron chi connectivity index (χ4n) is 1.02. The van der Waals surface area contributed by atoms with Crippen LogP contribution < -0.4 is 10.0 Å². The highest BCUT2D eigenvalue weighted by molar-refractivity contribution is 7.90. The molecule has 1 unspecified atom stereocenters. The van der Waals surface area contributed by atoms with Gasteiger partial charge in [-0.3, -0.25) is 0 Å². The molecule has 0 aromatic heterocycles. The number of sulfonamides is 1. The fourth-order valence-corrected chi connectivity index (χ4v) is 2.20. The first-order valence-electron chi connectivity index (χ1n) is 5.59. The Morgan fingerprint density at radius 2 is 1.73 bits per heavy atom. The molecular formula is C10H24N2O2S. The van der Waals surface area contributed by atoms with Crippen molar-refractivity contribution in [2.24, 2.45) is 5.92 Å². The maximum absolute atomic E-state index is 11.7. The van der Waals surface area contributed by atoms with Gasteiger partial charge in [0, 0.05) is 13.1 Å². The van der Waals surface area contributed by atoms with Crippen LogP contribution in [0.15, 0.2) is 0 Å². The second-order valence-corrected chi connectivity index (χ2v) is 6.49. The second kappa shape index (κ2) is 7.19. The average molecular weight is 236 g/mol. The zero-order valence-electron chi connectivity index (χ0n) is 10.2. The minimum atomic E-state index is -3.15. The van der Waals surface area contributed by atoms with Crippen molar-refractivity contribution in [3.63, 3.8) is 0 Å². The van der Waals surface area contributed by atoms with E-state index in [1.54, 1.807) is 6.92 Å². The Labute approximate surface area is 93.9 Å². The molecule has 0 fully saturated rings. The zero-order valence-corrected chi connectivity index (χ0v) is 11.0. The van der Waals surface area contributed by atoms with Gasteiger partial charge in [-0.25, -0.2) is 13.1 Å². The Bertz CT molecular complexity index is 250. The quantitative estimate of drug-likeness (QED) is 0.617. The molecule has 0 saturated heterocycles. The molecule has 0 aliphatic rings. The van der Waals surface area contributed by atoms with E-state index < -0.39 is 10.0 Å². The fraction of sp³-hybridized carbons (Fsp3) is 1.00. The summed E-state index contributed by atoms with van der Waals surface area (Å²) in [7, 11) is -3.15. The van der Waals surface area contributed by atoms with Crippen molar-refractivity contribution in [2.45, 2.75) is 39.4 Å². The van der Waals surface area contributed by atoms with Crippen LogP contribution >= 0.6 is 0 Å². The summed E-state index contributed by atoms with van der Waals surface area (Å²) in [5.41, 5.74) is 0. The van der Waals surface area contributed by atoms with Crippen molar-refractivity contribution in [3.05, 3.63) is 0 Å². The van der Waals surface area contributed by atoms with Gasteiger partial charge >= 0.3 is 0 Å². The van der Waals surface area contributed by atoms with Crippen LogP contribution in [0.3, 0.4) is 0 Å². The first kappa shape index (κ1) is 14.9. The van der Waals surface area contributed by atoms with Crippen LogP contribution in [0.4, 0.5) is 0 Å². The van der Waals surface area contributed by atoms with Crippen molar-refractivity contribution in [2.75, 3.05) is 19.6 Å². The van der Waals surface area contributed by atoms with E-state index in [0.29, 0.717) is 19.0 Å². The van der Waals surface area contributed by atoms with Crippen LogP contribution in [0.1, 0.15) is 34.1 Å². The Balaban J connectivity index is 3.97. The van der Waals surface area contributed by atoms with E-state index in [1.807, 2.05) is 13.8 Å². The molecule has 4 nitrogen and oxygen atoms in total. The highest BCUT2D eigenvalue weighted by atomic mass is 32.2. The largest absolute Gasteiger partial charge is 0.315 e. The monoisotopic (exact) mass is 236 g/mol.